The number of halogens is 2. The largest absolute Gasteiger partial charge is 0.492 e. The zero-order valence-corrected chi connectivity index (χ0v) is 19.4. The molecule has 1 aliphatic rings. The predicted molar refractivity (Wildman–Crippen MR) is 125 cm³/mol. The number of nitrogens with zero attached hydrogens (tertiary/aromatic N) is 5. The third kappa shape index (κ3) is 4.99. The van der Waals surface area contributed by atoms with Crippen molar-refractivity contribution in [1.82, 2.24) is 24.6 Å². The highest BCUT2D eigenvalue weighted by atomic mass is 35.5. The predicted octanol–water partition coefficient (Wildman–Crippen LogP) is 2.62. The van der Waals surface area contributed by atoms with E-state index in [0.29, 0.717) is 30.3 Å². The fourth-order valence-corrected chi connectivity index (χ4v) is 4.45. The van der Waals surface area contributed by atoms with Gasteiger partial charge in [0.1, 0.15) is 23.2 Å². The average Bonchev–Trinajstić information content (AvgIpc) is 3.10. The van der Waals surface area contributed by atoms with Gasteiger partial charge in [-0.2, -0.15) is 5.10 Å². The first-order valence-electron chi connectivity index (χ1n) is 10.3. The summed E-state index contributed by atoms with van der Waals surface area (Å²) in [5.74, 6) is 1.41. The molecule has 1 fully saturated rings. The van der Waals surface area contributed by atoms with Crippen LogP contribution in [0, 0.1) is 5.41 Å². The molecular weight excluding hydrogens is 451 g/mol. The van der Waals surface area contributed by atoms with Gasteiger partial charge in [0.2, 0.25) is 5.95 Å². The van der Waals surface area contributed by atoms with Crippen LogP contribution in [-0.4, -0.2) is 68.5 Å². The summed E-state index contributed by atoms with van der Waals surface area (Å²) in [6, 6.07) is 9.62. The van der Waals surface area contributed by atoms with Crippen LogP contribution in [0.3, 0.4) is 0 Å². The Morgan fingerprint density at radius 3 is 2.72 bits per heavy atom. The standard InChI is InChI=1S/C22H26Cl2N6O2/c1-29-10-16(20(28-29)17-9-19(24)27-21(25)26-17)8-15-4-2-3-5-18(15)32-7-6-30-12-22(11-23,13-30)14-31/h2-5,9-10,31H,6-8,11-14H2,1H3,(H2,25,26,27). The van der Waals surface area contributed by atoms with E-state index in [1.807, 2.05) is 37.5 Å². The van der Waals surface area contributed by atoms with E-state index >= 15 is 0 Å². The summed E-state index contributed by atoms with van der Waals surface area (Å²) in [6.07, 6.45) is 2.57. The van der Waals surface area contributed by atoms with Gasteiger partial charge in [0.05, 0.1) is 12.3 Å². The number of hydrogen-bond acceptors (Lipinski definition) is 7. The molecule has 170 valence electrons. The molecule has 3 aromatic rings. The molecular formula is C22H26Cl2N6O2. The second kappa shape index (κ2) is 9.62. The van der Waals surface area contributed by atoms with Crippen LogP contribution in [0.15, 0.2) is 36.5 Å². The lowest BCUT2D eigenvalue weighted by Crippen LogP contribution is -2.60. The maximum atomic E-state index is 9.50. The van der Waals surface area contributed by atoms with Crippen LogP contribution in [0.5, 0.6) is 5.75 Å². The number of aromatic nitrogens is 4. The van der Waals surface area contributed by atoms with Crippen molar-refractivity contribution in [3.05, 3.63) is 52.8 Å². The monoisotopic (exact) mass is 476 g/mol. The van der Waals surface area contributed by atoms with Crippen molar-refractivity contribution in [2.75, 3.05) is 44.5 Å². The number of aryl methyl sites for hydroxylation is 1. The first-order valence-corrected chi connectivity index (χ1v) is 11.3. The Bertz CT molecular complexity index is 1060. The van der Waals surface area contributed by atoms with Gasteiger partial charge < -0.3 is 15.6 Å². The molecule has 8 nitrogen and oxygen atoms in total. The van der Waals surface area contributed by atoms with Gasteiger partial charge in [0, 0.05) is 62.2 Å². The van der Waals surface area contributed by atoms with Crippen molar-refractivity contribution in [3.63, 3.8) is 0 Å². The SMILES string of the molecule is Cn1cc(Cc2ccccc2OCCN2CC(CO)(CCl)C2)c(-c2cc(Cl)nc(N)n2)n1. The number of nitrogens with two attached hydrogens (primary N) is 1. The lowest BCUT2D eigenvalue weighted by Gasteiger charge is -2.48. The number of hydrogen-bond donors (Lipinski definition) is 2. The van der Waals surface area contributed by atoms with Crippen LogP contribution >= 0.6 is 23.2 Å². The highest BCUT2D eigenvalue weighted by Crippen LogP contribution is 2.31. The lowest BCUT2D eigenvalue weighted by atomic mass is 9.83. The first-order chi connectivity index (χ1) is 15.4. The summed E-state index contributed by atoms with van der Waals surface area (Å²) in [4.78, 5) is 10.5. The van der Waals surface area contributed by atoms with E-state index in [1.165, 1.54) is 0 Å². The van der Waals surface area contributed by atoms with Crippen LogP contribution in [0.1, 0.15) is 11.1 Å². The first kappa shape index (κ1) is 22.8. The van der Waals surface area contributed by atoms with E-state index in [1.54, 1.807) is 10.7 Å². The average molecular weight is 477 g/mol. The third-order valence-corrected chi connectivity index (χ3v) is 6.38. The number of alkyl halides is 1. The van der Waals surface area contributed by atoms with Gasteiger partial charge in [-0.05, 0) is 11.6 Å². The Morgan fingerprint density at radius 2 is 2.00 bits per heavy atom. The van der Waals surface area contributed by atoms with Crippen LogP contribution in [0.4, 0.5) is 5.95 Å². The smallest absolute Gasteiger partial charge is 0.222 e. The minimum absolute atomic E-state index is 0.109. The molecule has 2 aromatic heterocycles. The van der Waals surface area contributed by atoms with Crippen LogP contribution in [0.25, 0.3) is 11.4 Å². The van der Waals surface area contributed by atoms with E-state index in [4.69, 9.17) is 33.7 Å². The van der Waals surface area contributed by atoms with Crippen LogP contribution in [0.2, 0.25) is 5.15 Å². The Labute approximate surface area is 196 Å². The van der Waals surface area contributed by atoms with Crippen molar-refractivity contribution in [2.24, 2.45) is 12.5 Å². The molecule has 32 heavy (non-hydrogen) atoms. The van der Waals surface area contributed by atoms with Gasteiger partial charge in [-0.1, -0.05) is 29.8 Å². The molecule has 0 aliphatic carbocycles. The second-order valence-electron chi connectivity index (χ2n) is 8.25. The molecule has 10 heteroatoms. The molecule has 1 aromatic carbocycles. The zero-order chi connectivity index (χ0) is 22.7. The molecule has 0 amide bonds. The minimum Gasteiger partial charge on any atom is -0.492 e. The summed E-state index contributed by atoms with van der Waals surface area (Å²) < 4.78 is 7.86. The second-order valence-corrected chi connectivity index (χ2v) is 8.90. The quantitative estimate of drug-likeness (QED) is 0.361. The van der Waals surface area contributed by atoms with Crippen molar-refractivity contribution >= 4 is 29.2 Å². The Balaban J connectivity index is 1.45. The number of aliphatic hydroxyl groups is 1. The summed E-state index contributed by atoms with van der Waals surface area (Å²) in [5, 5.41) is 14.3. The van der Waals surface area contributed by atoms with E-state index in [0.717, 1.165) is 36.5 Å². The normalized spacial score (nSPS) is 15.5. The lowest BCUT2D eigenvalue weighted by molar-refractivity contribution is -0.0293. The van der Waals surface area contributed by atoms with Crippen LogP contribution in [-0.2, 0) is 13.5 Å². The molecule has 0 unspecified atom stereocenters. The van der Waals surface area contributed by atoms with E-state index < -0.39 is 0 Å². The molecule has 1 saturated heterocycles. The summed E-state index contributed by atoms with van der Waals surface area (Å²) in [5.41, 5.74) is 8.93. The van der Waals surface area contributed by atoms with E-state index in [9.17, 15) is 5.11 Å². The van der Waals surface area contributed by atoms with Gasteiger partial charge in [0.15, 0.2) is 0 Å². The topological polar surface area (TPSA) is 102 Å². The number of ether oxygens (including phenoxy) is 1. The maximum absolute atomic E-state index is 9.50. The number of nitrogen functional groups attached to an aromatic ring is 1. The number of aliphatic hydroxyl groups excluding tert-OH is 1. The number of benzene rings is 1. The fourth-order valence-electron chi connectivity index (χ4n) is 4.01. The number of anilines is 1. The van der Waals surface area contributed by atoms with Crippen molar-refractivity contribution in [3.8, 4) is 17.1 Å². The molecule has 0 bridgehead atoms. The highest BCUT2D eigenvalue weighted by molar-refractivity contribution is 6.29. The highest BCUT2D eigenvalue weighted by Gasteiger charge is 2.41. The van der Waals surface area contributed by atoms with Gasteiger partial charge >= 0.3 is 0 Å². The Morgan fingerprint density at radius 1 is 1.22 bits per heavy atom. The third-order valence-electron chi connectivity index (χ3n) is 5.61. The number of likely N-dealkylation sites (tertiary alicyclic amines) is 1. The Hall–Kier alpha value is -2.39. The summed E-state index contributed by atoms with van der Waals surface area (Å²) >= 11 is 12.1. The number of rotatable bonds is 9. The fraction of sp³-hybridized carbons (Fsp3) is 0.409. The minimum atomic E-state index is -0.163. The molecule has 0 saturated carbocycles. The van der Waals surface area contributed by atoms with Crippen molar-refractivity contribution in [2.45, 2.75) is 6.42 Å². The molecule has 0 atom stereocenters. The van der Waals surface area contributed by atoms with Gasteiger partial charge in [-0.3, -0.25) is 9.58 Å². The molecule has 3 N–H and O–H groups in total. The molecule has 3 heterocycles. The van der Waals surface area contributed by atoms with Gasteiger partial charge in [-0.15, -0.1) is 11.6 Å². The number of para-hydroxylation sites is 1. The molecule has 4 rings (SSSR count). The summed E-state index contributed by atoms with van der Waals surface area (Å²) in [6.45, 7) is 3.04. The maximum Gasteiger partial charge on any atom is 0.222 e. The van der Waals surface area contributed by atoms with Gasteiger partial charge in [-0.25, -0.2) is 9.97 Å². The van der Waals surface area contributed by atoms with E-state index in [-0.39, 0.29) is 23.1 Å². The molecule has 0 radical (unpaired) electrons. The van der Waals surface area contributed by atoms with Crippen molar-refractivity contribution in [1.29, 1.82) is 0 Å². The van der Waals surface area contributed by atoms with Gasteiger partial charge in [0.25, 0.3) is 0 Å². The Kier molecular flexibility index (Phi) is 6.85. The molecule has 1 aliphatic heterocycles. The summed E-state index contributed by atoms with van der Waals surface area (Å²) in [7, 11) is 1.86. The zero-order valence-electron chi connectivity index (χ0n) is 17.8. The van der Waals surface area contributed by atoms with E-state index in [2.05, 4.69) is 20.0 Å². The van der Waals surface area contributed by atoms with Crippen molar-refractivity contribution < 1.29 is 9.84 Å². The molecule has 0 spiro atoms. The van der Waals surface area contributed by atoms with Crippen LogP contribution < -0.4 is 10.5 Å².